The van der Waals surface area contributed by atoms with Gasteiger partial charge >= 0.3 is 6.36 Å². The maximum atomic E-state index is 12.3. The minimum absolute atomic E-state index is 0.0209. The van der Waals surface area contributed by atoms with E-state index < -0.39 is 6.36 Å². The van der Waals surface area contributed by atoms with E-state index in [2.05, 4.69) is 19.8 Å². The number of aliphatic imine (C=N–C) groups is 1. The molecule has 9 heteroatoms. The Morgan fingerprint density at radius 1 is 1.14 bits per heavy atom. The quantitative estimate of drug-likeness (QED) is 0.490. The number of aromatic nitrogens is 3. The molecule has 1 aromatic heterocycles. The number of alkyl halides is 3. The van der Waals surface area contributed by atoms with Crippen molar-refractivity contribution >= 4 is 6.08 Å². The van der Waals surface area contributed by atoms with Crippen molar-refractivity contribution in [2.45, 2.75) is 31.7 Å². The number of ether oxygens (including phenoxy) is 1. The lowest BCUT2D eigenvalue weighted by atomic mass is 9.87. The molecule has 0 fully saturated rings. The Morgan fingerprint density at radius 3 is 2.66 bits per heavy atom. The maximum Gasteiger partial charge on any atom is 0.573 e. The van der Waals surface area contributed by atoms with Crippen molar-refractivity contribution in [2.24, 2.45) is 4.99 Å². The van der Waals surface area contributed by atoms with Crippen molar-refractivity contribution in [1.82, 2.24) is 14.8 Å². The standard InChI is InChI=1S/C20H15F3N4O2/c21-20(22,23)29-18-7-5-17(6-8-18)27-11-24-19(26-27)15-2-1-14-10-16(25-12-28)4-3-13(14)9-15/h1-2,5-9,11,16H,3-4,10H2. The number of fused-ring (bicyclic) bond motifs is 1. The summed E-state index contributed by atoms with van der Waals surface area (Å²) in [6.07, 6.45) is 0.707. The van der Waals surface area contributed by atoms with E-state index in [1.807, 2.05) is 18.2 Å². The van der Waals surface area contributed by atoms with Gasteiger partial charge in [-0.25, -0.2) is 19.5 Å². The average Bonchev–Trinajstić information content (AvgIpc) is 3.17. The molecule has 1 aliphatic carbocycles. The second-order valence-corrected chi connectivity index (χ2v) is 6.65. The van der Waals surface area contributed by atoms with Crippen molar-refractivity contribution in [3.63, 3.8) is 0 Å². The summed E-state index contributed by atoms with van der Waals surface area (Å²) >= 11 is 0. The third-order valence-electron chi connectivity index (χ3n) is 4.73. The molecule has 29 heavy (non-hydrogen) atoms. The summed E-state index contributed by atoms with van der Waals surface area (Å²) in [7, 11) is 0. The third-order valence-corrected chi connectivity index (χ3v) is 4.73. The second kappa shape index (κ2) is 7.52. The molecule has 1 heterocycles. The number of rotatable bonds is 4. The van der Waals surface area contributed by atoms with Crippen LogP contribution >= 0.6 is 0 Å². The SMILES string of the molecule is O=C=NC1CCc2cc(-c3ncn(-c4ccc(OC(F)(F)F)cc4)n3)ccc2C1. The van der Waals surface area contributed by atoms with E-state index >= 15 is 0 Å². The molecule has 0 saturated carbocycles. The molecule has 0 radical (unpaired) electrons. The minimum atomic E-state index is -4.73. The molecule has 0 aliphatic heterocycles. The van der Waals surface area contributed by atoms with Crippen LogP contribution in [0.5, 0.6) is 5.75 Å². The number of nitrogens with zero attached hydrogens (tertiary/aromatic N) is 4. The molecule has 4 rings (SSSR count). The minimum Gasteiger partial charge on any atom is -0.406 e. The summed E-state index contributed by atoms with van der Waals surface area (Å²) in [5.41, 5.74) is 3.72. The predicted octanol–water partition coefficient (Wildman–Crippen LogP) is 4.03. The van der Waals surface area contributed by atoms with Crippen LogP contribution in [-0.2, 0) is 17.6 Å². The van der Waals surface area contributed by atoms with Crippen LogP contribution in [0.3, 0.4) is 0 Å². The Morgan fingerprint density at radius 2 is 1.93 bits per heavy atom. The predicted molar refractivity (Wildman–Crippen MR) is 97.4 cm³/mol. The summed E-state index contributed by atoms with van der Waals surface area (Å²) in [6.45, 7) is 0. The van der Waals surface area contributed by atoms with Crippen molar-refractivity contribution in [3.05, 3.63) is 59.9 Å². The number of halogens is 3. The van der Waals surface area contributed by atoms with E-state index in [0.717, 1.165) is 24.0 Å². The lowest BCUT2D eigenvalue weighted by molar-refractivity contribution is -0.274. The summed E-state index contributed by atoms with van der Waals surface area (Å²) in [6, 6.07) is 11.3. The van der Waals surface area contributed by atoms with E-state index in [4.69, 9.17) is 0 Å². The fraction of sp³-hybridized carbons (Fsp3) is 0.250. The molecule has 1 unspecified atom stereocenters. The van der Waals surface area contributed by atoms with Crippen LogP contribution in [0.1, 0.15) is 17.5 Å². The van der Waals surface area contributed by atoms with Crippen molar-refractivity contribution in [1.29, 1.82) is 0 Å². The van der Waals surface area contributed by atoms with Crippen LogP contribution in [0.25, 0.3) is 17.1 Å². The van der Waals surface area contributed by atoms with Gasteiger partial charge in [-0.15, -0.1) is 18.3 Å². The maximum absolute atomic E-state index is 12.3. The normalized spacial score (nSPS) is 16.0. The van der Waals surface area contributed by atoms with Gasteiger partial charge in [-0.3, -0.25) is 0 Å². The van der Waals surface area contributed by atoms with E-state index in [9.17, 15) is 18.0 Å². The molecule has 148 valence electrons. The van der Waals surface area contributed by atoms with Crippen LogP contribution < -0.4 is 4.74 Å². The first-order chi connectivity index (χ1) is 13.9. The highest BCUT2D eigenvalue weighted by molar-refractivity contribution is 5.58. The van der Waals surface area contributed by atoms with Gasteiger partial charge in [0, 0.05) is 5.56 Å². The van der Waals surface area contributed by atoms with Crippen LogP contribution in [0.2, 0.25) is 0 Å². The number of benzene rings is 2. The van der Waals surface area contributed by atoms with Gasteiger partial charge in [0.25, 0.3) is 0 Å². The molecule has 0 spiro atoms. The molecule has 1 aliphatic rings. The fourth-order valence-corrected chi connectivity index (χ4v) is 3.38. The summed E-state index contributed by atoms with van der Waals surface area (Å²) in [5, 5.41) is 4.42. The van der Waals surface area contributed by atoms with E-state index in [-0.39, 0.29) is 11.8 Å². The molecule has 1 atom stereocenters. The summed E-state index contributed by atoms with van der Waals surface area (Å²) in [5.74, 6) is 0.213. The van der Waals surface area contributed by atoms with Gasteiger partial charge in [-0.2, -0.15) is 0 Å². The van der Waals surface area contributed by atoms with Crippen LogP contribution in [-0.4, -0.2) is 33.2 Å². The van der Waals surface area contributed by atoms with Crippen molar-refractivity contribution in [3.8, 4) is 22.8 Å². The molecule has 2 aromatic carbocycles. The van der Waals surface area contributed by atoms with Gasteiger partial charge in [-0.05, 0) is 60.7 Å². The van der Waals surface area contributed by atoms with Gasteiger partial charge in [0.2, 0.25) is 6.08 Å². The zero-order chi connectivity index (χ0) is 20.4. The van der Waals surface area contributed by atoms with Crippen LogP contribution in [0.4, 0.5) is 13.2 Å². The molecule has 3 aromatic rings. The Balaban J connectivity index is 1.53. The van der Waals surface area contributed by atoms with Gasteiger partial charge < -0.3 is 4.74 Å². The molecule has 0 amide bonds. The number of carbonyl (C=O) groups excluding carboxylic acids is 1. The first kappa shape index (κ1) is 18.9. The summed E-state index contributed by atoms with van der Waals surface area (Å²) in [4.78, 5) is 18.6. The first-order valence-corrected chi connectivity index (χ1v) is 8.88. The zero-order valence-electron chi connectivity index (χ0n) is 15.1. The molecule has 0 bridgehead atoms. The number of hydrogen-bond acceptors (Lipinski definition) is 5. The van der Waals surface area contributed by atoms with Crippen molar-refractivity contribution in [2.75, 3.05) is 0 Å². The largest absolute Gasteiger partial charge is 0.573 e. The zero-order valence-corrected chi connectivity index (χ0v) is 15.1. The van der Waals surface area contributed by atoms with E-state index in [1.165, 1.54) is 40.8 Å². The number of aryl methyl sites for hydroxylation is 1. The topological polar surface area (TPSA) is 69.4 Å². The number of isocyanates is 1. The Bertz CT molecular complexity index is 1070. The smallest absolute Gasteiger partial charge is 0.406 e. The molecule has 0 N–H and O–H groups in total. The second-order valence-electron chi connectivity index (χ2n) is 6.65. The molecule has 6 nitrogen and oxygen atoms in total. The van der Waals surface area contributed by atoms with Gasteiger partial charge in [0.1, 0.15) is 12.1 Å². The average molecular weight is 400 g/mol. The van der Waals surface area contributed by atoms with E-state index in [1.54, 1.807) is 6.08 Å². The summed E-state index contributed by atoms with van der Waals surface area (Å²) < 4.78 is 42.1. The first-order valence-electron chi connectivity index (χ1n) is 8.88. The number of hydrogen-bond donors (Lipinski definition) is 0. The lowest BCUT2D eigenvalue weighted by Gasteiger charge is -2.20. The Labute approximate surface area is 163 Å². The molecule has 0 saturated heterocycles. The third kappa shape index (κ3) is 4.35. The Hall–Kier alpha value is -3.45. The van der Waals surface area contributed by atoms with Crippen LogP contribution in [0, 0.1) is 0 Å². The van der Waals surface area contributed by atoms with Gasteiger partial charge in [-0.1, -0.05) is 12.1 Å². The molecular formula is C20H15F3N4O2. The lowest BCUT2D eigenvalue weighted by Crippen LogP contribution is -2.17. The molecular weight excluding hydrogens is 385 g/mol. The van der Waals surface area contributed by atoms with Crippen LogP contribution in [0.15, 0.2) is 53.8 Å². The van der Waals surface area contributed by atoms with Crippen molar-refractivity contribution < 1.29 is 22.7 Å². The highest BCUT2D eigenvalue weighted by Gasteiger charge is 2.31. The fourth-order valence-electron chi connectivity index (χ4n) is 3.38. The Kier molecular flexibility index (Phi) is 4.90. The monoisotopic (exact) mass is 400 g/mol. The van der Waals surface area contributed by atoms with E-state index in [0.29, 0.717) is 17.9 Å². The van der Waals surface area contributed by atoms with Gasteiger partial charge in [0.05, 0.1) is 11.7 Å². The van der Waals surface area contributed by atoms with Gasteiger partial charge in [0.15, 0.2) is 5.82 Å². The highest BCUT2D eigenvalue weighted by atomic mass is 19.4. The highest BCUT2D eigenvalue weighted by Crippen LogP contribution is 2.28.